The minimum Gasteiger partial charge on any atom is -0.480 e. The Hall–Kier alpha value is -1.10. The highest BCUT2D eigenvalue weighted by Gasteiger charge is 2.43. The Balaban J connectivity index is 2.64. The summed E-state index contributed by atoms with van der Waals surface area (Å²) in [7, 11) is 0. The number of nitrogens with two attached hydrogens (primary N) is 1. The van der Waals surface area contributed by atoms with Crippen LogP contribution in [0.1, 0.15) is 59.3 Å². The Morgan fingerprint density at radius 1 is 1.47 bits per heavy atom. The first-order valence-corrected chi connectivity index (χ1v) is 6.98. The average molecular weight is 270 g/mol. The van der Waals surface area contributed by atoms with E-state index in [0.29, 0.717) is 25.2 Å². The summed E-state index contributed by atoms with van der Waals surface area (Å²) in [6.07, 6.45) is 3.72. The van der Waals surface area contributed by atoms with Crippen molar-refractivity contribution in [3.05, 3.63) is 0 Å². The third-order valence-electron chi connectivity index (χ3n) is 3.78. The number of carbonyl (C=O) groups is 2. The maximum Gasteiger partial charge on any atom is 0.329 e. The molecule has 2 atom stereocenters. The van der Waals surface area contributed by atoms with E-state index < -0.39 is 17.0 Å². The van der Waals surface area contributed by atoms with E-state index in [2.05, 4.69) is 5.32 Å². The number of nitrogens with one attached hydrogen (secondary N) is 1. The average Bonchev–Trinajstić information content (AvgIpc) is 2.25. The summed E-state index contributed by atoms with van der Waals surface area (Å²) in [6.45, 7) is 5.75. The lowest BCUT2D eigenvalue weighted by molar-refractivity contribution is -0.150. The van der Waals surface area contributed by atoms with E-state index >= 15 is 0 Å². The number of rotatable bonds is 5. The second kappa shape index (κ2) is 5.90. The predicted octanol–water partition coefficient (Wildman–Crippen LogP) is 1.65. The molecule has 0 aliphatic heterocycles. The standard InChI is InChI=1S/C14H26N2O3/c1-10-5-4-7-14(9-10,12(18)19)16-11(17)6-8-13(2,3)15/h10H,4-9,15H2,1-3H3,(H,16,17)(H,18,19). The Bertz CT molecular complexity index is 349. The van der Waals surface area contributed by atoms with Gasteiger partial charge < -0.3 is 16.2 Å². The Morgan fingerprint density at radius 2 is 2.11 bits per heavy atom. The van der Waals surface area contributed by atoms with Gasteiger partial charge in [-0.15, -0.1) is 0 Å². The van der Waals surface area contributed by atoms with Crippen molar-refractivity contribution in [1.29, 1.82) is 0 Å². The van der Waals surface area contributed by atoms with Gasteiger partial charge in [-0.25, -0.2) is 4.79 Å². The van der Waals surface area contributed by atoms with Crippen molar-refractivity contribution < 1.29 is 14.7 Å². The van der Waals surface area contributed by atoms with Crippen LogP contribution in [0.2, 0.25) is 0 Å². The normalized spacial score (nSPS) is 27.9. The minimum atomic E-state index is -1.08. The highest BCUT2D eigenvalue weighted by molar-refractivity contribution is 5.87. The molecule has 5 nitrogen and oxygen atoms in total. The van der Waals surface area contributed by atoms with Crippen molar-refractivity contribution >= 4 is 11.9 Å². The summed E-state index contributed by atoms with van der Waals surface area (Å²) in [5, 5.41) is 12.2. The fourth-order valence-corrected chi connectivity index (χ4v) is 2.68. The predicted molar refractivity (Wildman–Crippen MR) is 73.6 cm³/mol. The SMILES string of the molecule is CC1CCCC(NC(=O)CCC(C)(C)N)(C(=O)O)C1. The molecule has 4 N–H and O–H groups in total. The highest BCUT2D eigenvalue weighted by atomic mass is 16.4. The third-order valence-corrected chi connectivity index (χ3v) is 3.78. The molecule has 1 saturated carbocycles. The molecule has 0 heterocycles. The van der Waals surface area contributed by atoms with Crippen LogP contribution in [-0.2, 0) is 9.59 Å². The fourth-order valence-electron chi connectivity index (χ4n) is 2.68. The smallest absolute Gasteiger partial charge is 0.329 e. The molecule has 0 spiro atoms. The first kappa shape index (κ1) is 16.0. The number of carboxylic acid groups (broad SMARTS) is 1. The number of carboxylic acids is 1. The molecular formula is C14H26N2O3. The molecule has 0 radical (unpaired) electrons. The zero-order chi connectivity index (χ0) is 14.7. The van der Waals surface area contributed by atoms with Crippen LogP contribution in [0.4, 0.5) is 0 Å². The molecule has 0 saturated heterocycles. The van der Waals surface area contributed by atoms with Crippen molar-refractivity contribution in [1.82, 2.24) is 5.32 Å². The van der Waals surface area contributed by atoms with Gasteiger partial charge in [-0.1, -0.05) is 19.8 Å². The molecule has 5 heteroatoms. The van der Waals surface area contributed by atoms with Gasteiger partial charge >= 0.3 is 5.97 Å². The van der Waals surface area contributed by atoms with Crippen LogP contribution in [0.15, 0.2) is 0 Å². The molecule has 1 aliphatic carbocycles. The second-order valence-corrected chi connectivity index (χ2v) is 6.63. The van der Waals surface area contributed by atoms with E-state index in [4.69, 9.17) is 5.73 Å². The summed E-state index contributed by atoms with van der Waals surface area (Å²) >= 11 is 0. The lowest BCUT2D eigenvalue weighted by atomic mass is 9.76. The molecule has 19 heavy (non-hydrogen) atoms. The molecule has 0 aromatic rings. The summed E-state index contributed by atoms with van der Waals surface area (Å²) in [4.78, 5) is 23.5. The first-order chi connectivity index (χ1) is 8.65. The van der Waals surface area contributed by atoms with Crippen LogP contribution >= 0.6 is 0 Å². The van der Waals surface area contributed by atoms with Crippen molar-refractivity contribution in [3.8, 4) is 0 Å². The number of carbonyl (C=O) groups excluding carboxylic acids is 1. The van der Waals surface area contributed by atoms with Gasteiger partial charge in [0.15, 0.2) is 0 Å². The van der Waals surface area contributed by atoms with Crippen molar-refractivity contribution in [2.24, 2.45) is 11.7 Å². The molecule has 110 valence electrons. The van der Waals surface area contributed by atoms with Gasteiger partial charge in [0.1, 0.15) is 5.54 Å². The van der Waals surface area contributed by atoms with Gasteiger partial charge in [0, 0.05) is 12.0 Å². The van der Waals surface area contributed by atoms with Gasteiger partial charge in [-0.05, 0) is 39.0 Å². The summed E-state index contributed by atoms with van der Waals surface area (Å²) in [5.41, 5.74) is 4.35. The maximum atomic E-state index is 11.9. The van der Waals surface area contributed by atoms with Crippen molar-refractivity contribution in [3.63, 3.8) is 0 Å². The van der Waals surface area contributed by atoms with Gasteiger partial charge in [-0.3, -0.25) is 4.79 Å². The van der Waals surface area contributed by atoms with E-state index in [9.17, 15) is 14.7 Å². The zero-order valence-corrected chi connectivity index (χ0v) is 12.2. The van der Waals surface area contributed by atoms with E-state index in [0.717, 1.165) is 12.8 Å². The Morgan fingerprint density at radius 3 is 2.58 bits per heavy atom. The Labute approximate surface area is 114 Å². The largest absolute Gasteiger partial charge is 0.480 e. The number of hydrogen-bond acceptors (Lipinski definition) is 3. The first-order valence-electron chi connectivity index (χ1n) is 6.98. The quantitative estimate of drug-likeness (QED) is 0.708. The number of hydrogen-bond donors (Lipinski definition) is 3. The number of amides is 1. The summed E-state index contributed by atoms with van der Waals surface area (Å²) < 4.78 is 0. The van der Waals surface area contributed by atoms with Crippen LogP contribution in [0.25, 0.3) is 0 Å². The van der Waals surface area contributed by atoms with Crippen LogP contribution in [-0.4, -0.2) is 28.1 Å². The maximum absolute atomic E-state index is 11.9. The van der Waals surface area contributed by atoms with Crippen LogP contribution in [0, 0.1) is 5.92 Å². The van der Waals surface area contributed by atoms with Gasteiger partial charge in [0.25, 0.3) is 0 Å². The molecule has 1 amide bonds. The molecule has 1 aliphatic rings. The molecular weight excluding hydrogens is 244 g/mol. The monoisotopic (exact) mass is 270 g/mol. The molecule has 2 unspecified atom stereocenters. The molecule has 1 rings (SSSR count). The number of aliphatic carboxylic acids is 1. The van der Waals surface area contributed by atoms with E-state index in [-0.39, 0.29) is 12.3 Å². The van der Waals surface area contributed by atoms with E-state index in [1.165, 1.54) is 0 Å². The van der Waals surface area contributed by atoms with E-state index in [1.807, 2.05) is 20.8 Å². The zero-order valence-electron chi connectivity index (χ0n) is 12.2. The van der Waals surface area contributed by atoms with Crippen LogP contribution in [0.5, 0.6) is 0 Å². The van der Waals surface area contributed by atoms with Crippen molar-refractivity contribution in [2.75, 3.05) is 0 Å². The highest BCUT2D eigenvalue weighted by Crippen LogP contribution is 2.32. The Kier molecular flexibility index (Phi) is 4.96. The lowest BCUT2D eigenvalue weighted by Gasteiger charge is -2.37. The lowest BCUT2D eigenvalue weighted by Crippen LogP contribution is -2.57. The molecule has 1 fully saturated rings. The molecule has 0 aromatic heterocycles. The van der Waals surface area contributed by atoms with Gasteiger partial charge in [0.05, 0.1) is 0 Å². The van der Waals surface area contributed by atoms with Gasteiger partial charge in [-0.2, -0.15) is 0 Å². The fraction of sp³-hybridized carbons (Fsp3) is 0.857. The third kappa shape index (κ3) is 4.82. The second-order valence-electron chi connectivity index (χ2n) is 6.63. The molecule has 0 aromatic carbocycles. The minimum absolute atomic E-state index is 0.213. The van der Waals surface area contributed by atoms with Crippen LogP contribution < -0.4 is 11.1 Å². The molecule has 0 bridgehead atoms. The summed E-state index contributed by atoms with van der Waals surface area (Å²) in [6, 6.07) is 0. The van der Waals surface area contributed by atoms with Crippen molar-refractivity contribution in [2.45, 2.75) is 70.4 Å². The van der Waals surface area contributed by atoms with E-state index in [1.54, 1.807) is 0 Å². The topological polar surface area (TPSA) is 92.4 Å². The van der Waals surface area contributed by atoms with Gasteiger partial charge in [0.2, 0.25) is 5.91 Å². The van der Waals surface area contributed by atoms with Crippen LogP contribution in [0.3, 0.4) is 0 Å². The summed E-state index contributed by atoms with van der Waals surface area (Å²) in [5.74, 6) is -0.800.